The van der Waals surface area contributed by atoms with E-state index in [1.165, 1.54) is 32.1 Å². The highest BCUT2D eigenvalue weighted by Gasteiger charge is 2.42. The lowest BCUT2D eigenvalue weighted by Crippen LogP contribution is -2.53. The van der Waals surface area contributed by atoms with Crippen LogP contribution in [0.25, 0.3) is 0 Å². The van der Waals surface area contributed by atoms with E-state index >= 15 is 0 Å². The minimum atomic E-state index is 0.649. The molecule has 21 heavy (non-hydrogen) atoms. The molecule has 0 aromatic rings. The van der Waals surface area contributed by atoms with Gasteiger partial charge in [0, 0.05) is 44.2 Å². The van der Waals surface area contributed by atoms with Crippen LogP contribution in [-0.4, -0.2) is 63.0 Å². The van der Waals surface area contributed by atoms with Crippen LogP contribution in [0.5, 0.6) is 0 Å². The van der Waals surface area contributed by atoms with Crippen LogP contribution in [0.1, 0.15) is 32.1 Å². The Hall–Kier alpha value is -0.160. The summed E-state index contributed by atoms with van der Waals surface area (Å²) in [5.41, 5.74) is 0. The fourth-order valence-corrected chi connectivity index (χ4v) is 4.24. The van der Waals surface area contributed by atoms with Crippen molar-refractivity contribution in [2.75, 3.05) is 46.1 Å². The van der Waals surface area contributed by atoms with Gasteiger partial charge in [-0.05, 0) is 43.9 Å². The summed E-state index contributed by atoms with van der Waals surface area (Å²) in [6.07, 6.45) is 7.08. The number of nitrogens with one attached hydrogen (secondary N) is 1. The van der Waals surface area contributed by atoms with Crippen molar-refractivity contribution in [1.82, 2.24) is 10.2 Å². The quantitative estimate of drug-likeness (QED) is 0.771. The molecule has 0 bridgehead atoms. The van der Waals surface area contributed by atoms with Crippen LogP contribution in [0, 0.1) is 17.8 Å². The van der Waals surface area contributed by atoms with E-state index in [4.69, 9.17) is 9.47 Å². The molecule has 2 aliphatic heterocycles. The summed E-state index contributed by atoms with van der Waals surface area (Å²) in [7, 11) is 0. The van der Waals surface area contributed by atoms with Crippen molar-refractivity contribution in [2.24, 2.45) is 17.8 Å². The van der Waals surface area contributed by atoms with Crippen molar-refractivity contribution in [3.05, 3.63) is 0 Å². The number of nitrogens with zero attached hydrogens (tertiary/aromatic N) is 1. The fourth-order valence-electron chi connectivity index (χ4n) is 4.24. The maximum absolute atomic E-state index is 5.67. The van der Waals surface area contributed by atoms with E-state index < -0.39 is 0 Å². The van der Waals surface area contributed by atoms with Gasteiger partial charge < -0.3 is 14.8 Å². The molecule has 120 valence electrons. The smallest absolute Gasteiger partial charge is 0.0594 e. The minimum Gasteiger partial charge on any atom is -0.381 e. The lowest BCUT2D eigenvalue weighted by atomic mass is 9.96. The standard InChI is InChI=1S/C17H30N2O2/c1-2-13(1)17(14-3-4-14)18-11-16(15-5-8-21-12-15)19-6-9-20-10-7-19/h13-18H,1-12H2/t15-,16-/m0/s1. The first-order valence-electron chi connectivity index (χ1n) is 9.05. The van der Waals surface area contributed by atoms with E-state index in [9.17, 15) is 0 Å². The first-order chi connectivity index (χ1) is 10.4. The highest BCUT2D eigenvalue weighted by Crippen LogP contribution is 2.44. The normalized spacial score (nSPS) is 32.7. The van der Waals surface area contributed by atoms with Crippen LogP contribution in [-0.2, 0) is 9.47 Å². The SMILES string of the molecule is C1CN([C@@H](CNC(C2CC2)C2CC2)[C@H]2CCOC2)CCO1. The van der Waals surface area contributed by atoms with Gasteiger partial charge in [0.05, 0.1) is 19.8 Å². The van der Waals surface area contributed by atoms with Crippen molar-refractivity contribution in [3.63, 3.8) is 0 Å². The molecule has 1 N–H and O–H groups in total. The second-order valence-electron chi connectivity index (χ2n) is 7.45. The van der Waals surface area contributed by atoms with E-state index in [2.05, 4.69) is 10.2 Å². The summed E-state index contributed by atoms with van der Waals surface area (Å²) in [5.74, 6) is 2.69. The van der Waals surface area contributed by atoms with Gasteiger partial charge in [0.25, 0.3) is 0 Å². The minimum absolute atomic E-state index is 0.649. The molecular weight excluding hydrogens is 264 g/mol. The molecule has 0 radical (unpaired) electrons. The highest BCUT2D eigenvalue weighted by molar-refractivity contribution is 4.97. The number of hydrogen-bond acceptors (Lipinski definition) is 4. The van der Waals surface area contributed by atoms with Crippen LogP contribution < -0.4 is 5.32 Å². The molecule has 0 spiro atoms. The first-order valence-corrected chi connectivity index (χ1v) is 9.05. The average molecular weight is 294 g/mol. The molecule has 0 unspecified atom stereocenters. The molecular formula is C17H30N2O2. The Labute approximate surface area is 128 Å². The van der Waals surface area contributed by atoms with E-state index in [1.807, 2.05) is 0 Å². The Morgan fingerprint density at radius 2 is 1.57 bits per heavy atom. The van der Waals surface area contributed by atoms with Crippen LogP contribution >= 0.6 is 0 Å². The summed E-state index contributed by atoms with van der Waals surface area (Å²) in [6.45, 7) is 7.07. The third-order valence-corrected chi connectivity index (χ3v) is 5.85. The van der Waals surface area contributed by atoms with Gasteiger partial charge in [-0.15, -0.1) is 0 Å². The second-order valence-corrected chi connectivity index (χ2v) is 7.45. The average Bonchev–Trinajstić information content (AvgIpc) is 3.46. The van der Waals surface area contributed by atoms with Crippen LogP contribution in [0.4, 0.5) is 0 Å². The summed E-state index contributed by atoms with van der Waals surface area (Å²) in [6, 6.07) is 1.47. The van der Waals surface area contributed by atoms with Gasteiger partial charge in [-0.3, -0.25) is 4.90 Å². The van der Waals surface area contributed by atoms with E-state index in [0.717, 1.165) is 69.9 Å². The number of rotatable bonds is 7. The predicted molar refractivity (Wildman–Crippen MR) is 82.3 cm³/mol. The fraction of sp³-hybridized carbons (Fsp3) is 1.00. The molecule has 4 heteroatoms. The molecule has 4 aliphatic rings. The summed E-state index contributed by atoms with van der Waals surface area (Å²) < 4.78 is 11.2. The largest absolute Gasteiger partial charge is 0.381 e. The van der Waals surface area contributed by atoms with Crippen LogP contribution in [0.15, 0.2) is 0 Å². The Balaban J connectivity index is 1.36. The predicted octanol–water partition coefficient (Wildman–Crippen LogP) is 1.50. The monoisotopic (exact) mass is 294 g/mol. The second kappa shape index (κ2) is 6.53. The Morgan fingerprint density at radius 3 is 2.14 bits per heavy atom. The van der Waals surface area contributed by atoms with E-state index in [-0.39, 0.29) is 0 Å². The van der Waals surface area contributed by atoms with Crippen LogP contribution in [0.2, 0.25) is 0 Å². The maximum atomic E-state index is 5.67. The highest BCUT2D eigenvalue weighted by atomic mass is 16.5. The van der Waals surface area contributed by atoms with Gasteiger partial charge in [-0.25, -0.2) is 0 Å². The Bertz CT molecular complexity index is 320. The summed E-state index contributed by atoms with van der Waals surface area (Å²) in [5, 5.41) is 3.98. The van der Waals surface area contributed by atoms with Crippen molar-refractivity contribution < 1.29 is 9.47 Å². The lowest BCUT2D eigenvalue weighted by molar-refractivity contribution is 0.000467. The molecule has 2 atom stereocenters. The Kier molecular flexibility index (Phi) is 4.49. The molecule has 2 heterocycles. The lowest BCUT2D eigenvalue weighted by Gasteiger charge is -2.38. The zero-order chi connectivity index (χ0) is 14.1. The van der Waals surface area contributed by atoms with Gasteiger partial charge in [0.1, 0.15) is 0 Å². The summed E-state index contributed by atoms with van der Waals surface area (Å²) >= 11 is 0. The molecule has 2 saturated carbocycles. The molecule has 4 rings (SSSR count). The van der Waals surface area contributed by atoms with Gasteiger partial charge in [-0.2, -0.15) is 0 Å². The Morgan fingerprint density at radius 1 is 0.857 bits per heavy atom. The number of hydrogen-bond donors (Lipinski definition) is 1. The molecule has 4 fully saturated rings. The van der Waals surface area contributed by atoms with E-state index in [1.54, 1.807) is 0 Å². The van der Waals surface area contributed by atoms with E-state index in [0.29, 0.717) is 6.04 Å². The molecule has 2 saturated heterocycles. The number of morpholine rings is 1. The van der Waals surface area contributed by atoms with Gasteiger partial charge >= 0.3 is 0 Å². The third kappa shape index (κ3) is 3.61. The van der Waals surface area contributed by atoms with Crippen molar-refractivity contribution >= 4 is 0 Å². The molecule has 0 aromatic heterocycles. The first kappa shape index (κ1) is 14.4. The van der Waals surface area contributed by atoms with Gasteiger partial charge in [0.15, 0.2) is 0 Å². The van der Waals surface area contributed by atoms with Crippen LogP contribution in [0.3, 0.4) is 0 Å². The topological polar surface area (TPSA) is 33.7 Å². The van der Waals surface area contributed by atoms with Crippen molar-refractivity contribution in [1.29, 1.82) is 0 Å². The van der Waals surface area contributed by atoms with Gasteiger partial charge in [0.2, 0.25) is 0 Å². The maximum Gasteiger partial charge on any atom is 0.0594 e. The molecule has 0 amide bonds. The molecule has 2 aliphatic carbocycles. The molecule has 0 aromatic carbocycles. The molecule has 4 nitrogen and oxygen atoms in total. The van der Waals surface area contributed by atoms with Gasteiger partial charge in [-0.1, -0.05) is 0 Å². The summed E-state index contributed by atoms with van der Waals surface area (Å²) in [4.78, 5) is 2.66. The zero-order valence-electron chi connectivity index (χ0n) is 13.1. The van der Waals surface area contributed by atoms with Crippen molar-refractivity contribution in [2.45, 2.75) is 44.2 Å². The third-order valence-electron chi connectivity index (χ3n) is 5.85. The number of ether oxygens (including phenoxy) is 2. The zero-order valence-corrected chi connectivity index (χ0v) is 13.1. The van der Waals surface area contributed by atoms with Crippen molar-refractivity contribution in [3.8, 4) is 0 Å².